The molecular weight excluding hydrogens is 394 g/mol. The van der Waals surface area contributed by atoms with Gasteiger partial charge in [0.15, 0.2) is 0 Å². The number of benzene rings is 1. The molecule has 32 heavy (non-hydrogen) atoms. The van der Waals surface area contributed by atoms with Crippen molar-refractivity contribution < 1.29 is 4.74 Å². The molecule has 0 unspecified atom stereocenters. The second-order valence-corrected chi connectivity index (χ2v) is 8.59. The van der Waals surface area contributed by atoms with Gasteiger partial charge in [-0.3, -0.25) is 4.99 Å². The Kier molecular flexibility index (Phi) is 10.5. The van der Waals surface area contributed by atoms with Crippen molar-refractivity contribution >= 4 is 17.1 Å². The van der Waals surface area contributed by atoms with Gasteiger partial charge in [-0.25, -0.2) is 4.99 Å². The van der Waals surface area contributed by atoms with Crippen molar-refractivity contribution in [1.29, 1.82) is 0 Å². The lowest BCUT2D eigenvalue weighted by atomic mass is 9.93. The van der Waals surface area contributed by atoms with E-state index >= 15 is 0 Å². The van der Waals surface area contributed by atoms with Crippen molar-refractivity contribution in [2.75, 3.05) is 7.11 Å². The Morgan fingerprint density at radius 3 is 2.25 bits per heavy atom. The predicted octanol–water partition coefficient (Wildman–Crippen LogP) is 7.34. The summed E-state index contributed by atoms with van der Waals surface area (Å²) in [5, 5.41) is 3.39. The Balaban J connectivity index is 2.56. The molecule has 1 saturated carbocycles. The quantitative estimate of drug-likeness (QED) is 0.329. The Labute approximate surface area is 195 Å². The fraction of sp³-hybridized carbons (Fsp3) is 0.500. The van der Waals surface area contributed by atoms with E-state index in [9.17, 15) is 0 Å². The Bertz CT molecular complexity index is 864. The summed E-state index contributed by atoms with van der Waals surface area (Å²) in [6.07, 6.45) is 11.1. The van der Waals surface area contributed by atoms with Gasteiger partial charge in [-0.1, -0.05) is 39.3 Å². The van der Waals surface area contributed by atoms with Crippen molar-refractivity contribution in [2.45, 2.75) is 79.2 Å². The monoisotopic (exact) mass is 435 g/mol. The summed E-state index contributed by atoms with van der Waals surface area (Å²) in [6.45, 7) is 14.9. The van der Waals surface area contributed by atoms with Crippen LogP contribution in [-0.2, 0) is 0 Å². The first-order chi connectivity index (χ1) is 15.4. The van der Waals surface area contributed by atoms with E-state index in [0.29, 0.717) is 17.8 Å². The minimum atomic E-state index is 0.500. The molecule has 174 valence electrons. The molecule has 1 fully saturated rings. The zero-order chi connectivity index (χ0) is 23.5. The molecule has 0 atom stereocenters. The van der Waals surface area contributed by atoms with Crippen molar-refractivity contribution in [2.24, 2.45) is 15.9 Å². The van der Waals surface area contributed by atoms with Gasteiger partial charge in [-0.15, -0.1) is 0 Å². The molecule has 0 heterocycles. The van der Waals surface area contributed by atoms with Crippen molar-refractivity contribution in [1.82, 2.24) is 5.32 Å². The maximum Gasteiger partial charge on any atom is 0.119 e. The summed E-state index contributed by atoms with van der Waals surface area (Å²) in [7, 11) is 1.69. The van der Waals surface area contributed by atoms with Crippen LogP contribution in [0.3, 0.4) is 0 Å². The molecular formula is C28H41N3O. The molecule has 0 aromatic heterocycles. The lowest BCUT2D eigenvalue weighted by Gasteiger charge is -2.18. The van der Waals surface area contributed by atoms with Crippen molar-refractivity contribution in [3.8, 4) is 5.75 Å². The van der Waals surface area contributed by atoms with Crippen LogP contribution in [0.25, 0.3) is 5.70 Å². The van der Waals surface area contributed by atoms with E-state index in [1.807, 2.05) is 31.2 Å². The summed E-state index contributed by atoms with van der Waals surface area (Å²) in [4.78, 5) is 10.0. The molecule has 0 radical (unpaired) electrons. The van der Waals surface area contributed by atoms with Crippen LogP contribution in [0.4, 0.5) is 0 Å². The number of hydrogen-bond donors (Lipinski definition) is 1. The van der Waals surface area contributed by atoms with Crippen LogP contribution in [0.15, 0.2) is 64.4 Å². The normalized spacial score (nSPS) is 15.8. The first-order valence-electron chi connectivity index (χ1n) is 12.0. The summed E-state index contributed by atoms with van der Waals surface area (Å²) in [6, 6.07) is 8.65. The average molecular weight is 436 g/mol. The number of ether oxygens (including phenoxy) is 1. The number of nitrogens with one attached hydrogen (secondary N) is 1. The fourth-order valence-corrected chi connectivity index (χ4v) is 3.81. The molecule has 1 N–H and O–H groups in total. The maximum absolute atomic E-state index is 5.37. The number of allylic oxidation sites excluding steroid dienone is 3. The lowest BCUT2D eigenvalue weighted by Crippen LogP contribution is -2.15. The van der Waals surface area contributed by atoms with Crippen LogP contribution in [0, 0.1) is 5.92 Å². The molecule has 1 aromatic carbocycles. The highest BCUT2D eigenvalue weighted by Gasteiger charge is 2.21. The fourth-order valence-electron chi connectivity index (χ4n) is 3.81. The third-order valence-corrected chi connectivity index (χ3v) is 5.78. The van der Waals surface area contributed by atoms with Crippen LogP contribution in [0.5, 0.6) is 5.75 Å². The summed E-state index contributed by atoms with van der Waals surface area (Å²) < 4.78 is 5.37. The third-order valence-electron chi connectivity index (χ3n) is 5.78. The molecule has 1 aliphatic carbocycles. The molecule has 0 amide bonds. The second kappa shape index (κ2) is 13.0. The lowest BCUT2D eigenvalue weighted by molar-refractivity contribution is 0.415. The Morgan fingerprint density at radius 2 is 1.75 bits per heavy atom. The van der Waals surface area contributed by atoms with Crippen LogP contribution in [0.2, 0.25) is 0 Å². The second-order valence-electron chi connectivity index (χ2n) is 8.59. The standard InChI is InChI=1S/C28H41N3O/c1-8-11-23(12-9-2)21(5)29-28(24-14-18-26(32-7)19-15-24)20(4)27(13-10-3)31-22(6)30-25-16-17-25/h10,13-15,18-19,23,25,30H,6,8-9,11-12,16-17H2,1-5,7H3/b13-10-,28-20+,29-21?,31-27+. The van der Waals surface area contributed by atoms with E-state index in [4.69, 9.17) is 14.7 Å². The van der Waals surface area contributed by atoms with Gasteiger partial charge < -0.3 is 10.1 Å². The number of methoxy groups -OCH3 is 1. The van der Waals surface area contributed by atoms with E-state index in [1.54, 1.807) is 7.11 Å². The molecule has 0 spiro atoms. The molecule has 4 nitrogen and oxygen atoms in total. The highest BCUT2D eigenvalue weighted by atomic mass is 16.5. The number of hydrogen-bond acceptors (Lipinski definition) is 4. The first-order valence-corrected chi connectivity index (χ1v) is 12.0. The van der Waals surface area contributed by atoms with E-state index in [1.165, 1.54) is 18.6 Å². The van der Waals surface area contributed by atoms with Crippen molar-refractivity contribution in [3.63, 3.8) is 0 Å². The SMILES string of the molecule is C=C(/N=C(\C=C/C)C(/C)=C(/N=C(C)C(CCC)CCC)c1ccc(OC)cc1)NC1CC1. The maximum atomic E-state index is 5.37. The van der Waals surface area contributed by atoms with Gasteiger partial charge in [0.05, 0.1) is 18.5 Å². The van der Waals surface area contributed by atoms with Gasteiger partial charge in [0, 0.05) is 22.9 Å². The zero-order valence-electron chi connectivity index (χ0n) is 20.9. The van der Waals surface area contributed by atoms with Gasteiger partial charge in [-0.05, 0) is 82.7 Å². The topological polar surface area (TPSA) is 46.0 Å². The van der Waals surface area contributed by atoms with Crippen LogP contribution >= 0.6 is 0 Å². The van der Waals surface area contributed by atoms with E-state index < -0.39 is 0 Å². The average Bonchev–Trinajstić information content (AvgIpc) is 3.60. The molecule has 2 rings (SSSR count). The molecule has 4 heteroatoms. The van der Waals surface area contributed by atoms with Gasteiger partial charge in [0.2, 0.25) is 0 Å². The highest BCUT2D eigenvalue weighted by molar-refractivity contribution is 6.13. The highest BCUT2D eigenvalue weighted by Crippen LogP contribution is 2.27. The van der Waals surface area contributed by atoms with Gasteiger partial charge >= 0.3 is 0 Å². The van der Waals surface area contributed by atoms with E-state index in [-0.39, 0.29) is 0 Å². The number of nitrogens with zero attached hydrogens (tertiary/aromatic N) is 2. The zero-order valence-corrected chi connectivity index (χ0v) is 20.9. The smallest absolute Gasteiger partial charge is 0.119 e. The molecule has 1 aliphatic rings. The van der Waals surface area contributed by atoms with E-state index in [0.717, 1.165) is 54.0 Å². The predicted molar refractivity (Wildman–Crippen MR) is 140 cm³/mol. The number of rotatable bonds is 13. The molecule has 0 aliphatic heterocycles. The minimum Gasteiger partial charge on any atom is -0.497 e. The van der Waals surface area contributed by atoms with E-state index in [2.05, 4.69) is 51.7 Å². The summed E-state index contributed by atoms with van der Waals surface area (Å²) in [5.74, 6) is 2.05. The van der Waals surface area contributed by atoms with Crippen LogP contribution in [0.1, 0.15) is 78.7 Å². The van der Waals surface area contributed by atoms with Gasteiger partial charge in [0.1, 0.15) is 11.6 Å². The van der Waals surface area contributed by atoms with Crippen LogP contribution in [-0.4, -0.2) is 24.6 Å². The molecule has 0 bridgehead atoms. The van der Waals surface area contributed by atoms with Gasteiger partial charge in [0.25, 0.3) is 0 Å². The van der Waals surface area contributed by atoms with Crippen LogP contribution < -0.4 is 10.1 Å². The largest absolute Gasteiger partial charge is 0.497 e. The minimum absolute atomic E-state index is 0.500. The molecule has 1 aromatic rings. The Morgan fingerprint density at radius 1 is 1.12 bits per heavy atom. The summed E-state index contributed by atoms with van der Waals surface area (Å²) in [5.41, 5.74) is 5.13. The number of aliphatic imine (C=N–C) groups is 2. The summed E-state index contributed by atoms with van der Waals surface area (Å²) >= 11 is 0. The van der Waals surface area contributed by atoms with Gasteiger partial charge in [-0.2, -0.15) is 0 Å². The molecule has 0 saturated heterocycles. The first kappa shape index (κ1) is 25.6. The van der Waals surface area contributed by atoms with Crippen molar-refractivity contribution in [3.05, 3.63) is 60.0 Å². The third kappa shape index (κ3) is 7.81. The Hall–Kier alpha value is -2.62.